The highest BCUT2D eigenvalue weighted by Crippen LogP contribution is 2.37. The molecule has 2 heterocycles. The van der Waals surface area contributed by atoms with Crippen LogP contribution in [-0.2, 0) is 23.1 Å². The fraction of sp³-hybridized carbons (Fsp3) is 0.310. The van der Waals surface area contributed by atoms with Crippen molar-refractivity contribution in [2.24, 2.45) is 7.05 Å². The molecule has 188 valence electrons. The van der Waals surface area contributed by atoms with E-state index in [4.69, 9.17) is 4.74 Å². The topological polar surface area (TPSA) is 73.5 Å². The quantitative estimate of drug-likeness (QED) is 0.311. The molecule has 0 spiro atoms. The van der Waals surface area contributed by atoms with Gasteiger partial charge in [0.05, 0.1) is 11.3 Å². The highest BCUT2D eigenvalue weighted by Gasteiger charge is 2.33. The van der Waals surface area contributed by atoms with Gasteiger partial charge in [0.15, 0.2) is 6.10 Å². The van der Waals surface area contributed by atoms with Crippen molar-refractivity contribution < 1.29 is 14.6 Å². The molecule has 2 aromatic heterocycles. The van der Waals surface area contributed by atoms with Crippen molar-refractivity contribution in [3.05, 3.63) is 88.0 Å². The molecule has 7 heteroatoms. The van der Waals surface area contributed by atoms with Crippen molar-refractivity contribution in [1.29, 1.82) is 0 Å². The van der Waals surface area contributed by atoms with Crippen LogP contribution >= 0.6 is 11.8 Å². The van der Waals surface area contributed by atoms with Gasteiger partial charge >= 0.3 is 5.97 Å². The fourth-order valence-electron chi connectivity index (χ4n) is 4.45. The maximum Gasteiger partial charge on any atom is 0.339 e. The molecule has 0 amide bonds. The zero-order valence-corrected chi connectivity index (χ0v) is 22.3. The smallest absolute Gasteiger partial charge is 0.339 e. The largest absolute Gasteiger partial charge is 0.479 e. The lowest BCUT2D eigenvalue weighted by Gasteiger charge is -2.28. The van der Waals surface area contributed by atoms with E-state index in [1.54, 1.807) is 18.8 Å². The molecule has 6 nitrogen and oxygen atoms in total. The van der Waals surface area contributed by atoms with Gasteiger partial charge in [-0.25, -0.2) is 4.79 Å². The van der Waals surface area contributed by atoms with Crippen LogP contribution in [0.4, 0.5) is 0 Å². The Morgan fingerprint density at radius 3 is 2.25 bits per heavy atom. The van der Waals surface area contributed by atoms with E-state index in [2.05, 4.69) is 24.3 Å². The van der Waals surface area contributed by atoms with E-state index in [1.165, 1.54) is 9.46 Å². The number of aliphatic carboxylic acids is 1. The van der Waals surface area contributed by atoms with Crippen molar-refractivity contribution in [3.8, 4) is 11.1 Å². The zero-order valence-electron chi connectivity index (χ0n) is 21.5. The SMILES string of the molecule is CSc1ccc(Cn2ccc3c(-c4ccc(C)cc4)c(C(OC(C)(C)C)C(=O)O)n(C)c(=O)c32)cc1. The number of carboxylic acids is 1. The number of pyridine rings is 1. The number of rotatable bonds is 7. The minimum atomic E-state index is -1.31. The van der Waals surface area contributed by atoms with Crippen LogP contribution in [0.1, 0.15) is 43.7 Å². The minimum Gasteiger partial charge on any atom is -0.479 e. The number of carboxylic acid groups (broad SMARTS) is 1. The molecule has 4 rings (SSSR count). The normalized spacial score (nSPS) is 12.7. The lowest BCUT2D eigenvalue weighted by Crippen LogP contribution is -2.33. The van der Waals surface area contributed by atoms with Crippen LogP contribution in [0.25, 0.3) is 22.0 Å². The number of hydrogen-bond donors (Lipinski definition) is 1. The summed E-state index contributed by atoms with van der Waals surface area (Å²) in [6.45, 7) is 7.96. The molecule has 0 saturated heterocycles. The third kappa shape index (κ3) is 5.13. The highest BCUT2D eigenvalue weighted by atomic mass is 32.2. The summed E-state index contributed by atoms with van der Waals surface area (Å²) in [5.74, 6) is -1.14. The van der Waals surface area contributed by atoms with Crippen molar-refractivity contribution >= 4 is 28.6 Å². The highest BCUT2D eigenvalue weighted by molar-refractivity contribution is 7.98. The van der Waals surface area contributed by atoms with E-state index in [1.807, 2.05) is 75.0 Å². The van der Waals surface area contributed by atoms with E-state index in [9.17, 15) is 14.7 Å². The molecule has 36 heavy (non-hydrogen) atoms. The van der Waals surface area contributed by atoms with Gasteiger partial charge in [-0.05, 0) is 63.3 Å². The van der Waals surface area contributed by atoms with Crippen LogP contribution in [0.15, 0.2) is 70.5 Å². The van der Waals surface area contributed by atoms with Crippen molar-refractivity contribution in [1.82, 2.24) is 9.13 Å². The van der Waals surface area contributed by atoms with Crippen LogP contribution in [0, 0.1) is 6.92 Å². The maximum atomic E-state index is 13.7. The Morgan fingerprint density at radius 1 is 1.06 bits per heavy atom. The Labute approximate surface area is 215 Å². The van der Waals surface area contributed by atoms with Crippen molar-refractivity contribution in [3.63, 3.8) is 0 Å². The average molecular weight is 505 g/mol. The summed E-state index contributed by atoms with van der Waals surface area (Å²) in [4.78, 5) is 27.4. The standard InChI is InChI=1S/C29H32N2O4S/c1-18-7-11-20(12-8-18)23-22-15-16-31(17-19-9-13-21(36-6)14-10-19)24(22)27(32)30(5)25(23)26(28(33)34)35-29(2,3)4/h7-16,26H,17H2,1-6H3,(H,33,34). The molecule has 1 N–H and O–H groups in total. The number of fused-ring (bicyclic) bond motifs is 1. The molecule has 0 aliphatic rings. The average Bonchev–Trinajstić information content (AvgIpc) is 3.24. The van der Waals surface area contributed by atoms with Crippen LogP contribution in [0.2, 0.25) is 0 Å². The molecule has 0 aliphatic carbocycles. The first-order chi connectivity index (χ1) is 17.0. The molecule has 0 radical (unpaired) electrons. The monoisotopic (exact) mass is 504 g/mol. The second-order valence-corrected chi connectivity index (χ2v) is 10.9. The molecule has 1 unspecified atom stereocenters. The van der Waals surface area contributed by atoms with Gasteiger partial charge in [0.2, 0.25) is 0 Å². The van der Waals surface area contributed by atoms with Crippen LogP contribution in [0.5, 0.6) is 0 Å². The summed E-state index contributed by atoms with van der Waals surface area (Å²) in [6, 6.07) is 18.1. The van der Waals surface area contributed by atoms with E-state index in [0.29, 0.717) is 28.7 Å². The molecular weight excluding hydrogens is 472 g/mol. The summed E-state index contributed by atoms with van der Waals surface area (Å²) >= 11 is 1.68. The third-order valence-electron chi connectivity index (χ3n) is 6.15. The van der Waals surface area contributed by atoms with E-state index in [-0.39, 0.29) is 5.56 Å². The molecule has 0 saturated carbocycles. The number of aromatic nitrogens is 2. The molecule has 0 aliphatic heterocycles. The summed E-state index contributed by atoms with van der Waals surface area (Å²) in [6.07, 6.45) is 2.62. The number of hydrogen-bond acceptors (Lipinski definition) is 4. The van der Waals surface area contributed by atoms with Crippen LogP contribution < -0.4 is 5.56 Å². The molecule has 0 fully saturated rings. The minimum absolute atomic E-state index is 0.259. The third-order valence-corrected chi connectivity index (χ3v) is 6.90. The van der Waals surface area contributed by atoms with Gasteiger partial charge in [0, 0.05) is 35.6 Å². The van der Waals surface area contributed by atoms with Gasteiger partial charge in [-0.3, -0.25) is 4.79 Å². The Balaban J connectivity index is 1.99. The van der Waals surface area contributed by atoms with Crippen LogP contribution in [0.3, 0.4) is 0 Å². The fourth-order valence-corrected chi connectivity index (χ4v) is 4.86. The number of aryl methyl sites for hydroxylation is 1. The zero-order chi connectivity index (χ0) is 26.2. The van der Waals surface area contributed by atoms with Crippen molar-refractivity contribution in [2.75, 3.05) is 6.26 Å². The number of nitrogens with zero attached hydrogens (tertiary/aromatic N) is 2. The summed E-state index contributed by atoms with van der Waals surface area (Å²) in [5, 5.41) is 10.9. The second-order valence-electron chi connectivity index (χ2n) is 9.99. The predicted molar refractivity (Wildman–Crippen MR) is 146 cm³/mol. The van der Waals surface area contributed by atoms with Crippen LogP contribution in [-0.4, -0.2) is 32.1 Å². The Bertz CT molecular complexity index is 1460. The summed E-state index contributed by atoms with van der Waals surface area (Å²) < 4.78 is 9.39. The number of ether oxygens (including phenoxy) is 1. The van der Waals surface area contributed by atoms with Gasteiger partial charge in [0.1, 0.15) is 5.52 Å². The Hall–Kier alpha value is -3.29. The summed E-state index contributed by atoms with van der Waals surface area (Å²) in [5.41, 5.74) is 3.58. The van der Waals surface area contributed by atoms with Gasteiger partial charge in [0.25, 0.3) is 5.56 Å². The molecule has 1 atom stereocenters. The maximum absolute atomic E-state index is 13.7. The van der Waals surface area contributed by atoms with Gasteiger partial charge in [-0.2, -0.15) is 0 Å². The first-order valence-electron chi connectivity index (χ1n) is 11.8. The lowest BCUT2D eigenvalue weighted by atomic mass is 9.95. The molecular formula is C29H32N2O4S. The van der Waals surface area contributed by atoms with Gasteiger partial charge < -0.3 is 19.0 Å². The molecule has 0 bridgehead atoms. The van der Waals surface area contributed by atoms with Gasteiger partial charge in [-0.15, -0.1) is 11.8 Å². The summed E-state index contributed by atoms with van der Waals surface area (Å²) in [7, 11) is 1.63. The number of thioether (sulfide) groups is 1. The molecule has 4 aromatic rings. The van der Waals surface area contributed by atoms with E-state index < -0.39 is 17.7 Å². The van der Waals surface area contributed by atoms with E-state index in [0.717, 1.165) is 16.7 Å². The lowest BCUT2D eigenvalue weighted by molar-refractivity contribution is -0.161. The van der Waals surface area contributed by atoms with E-state index >= 15 is 0 Å². The van der Waals surface area contributed by atoms with Crippen molar-refractivity contribution in [2.45, 2.75) is 50.8 Å². The number of carbonyl (C=O) groups is 1. The Kier molecular flexibility index (Phi) is 7.16. The Morgan fingerprint density at radius 2 is 1.69 bits per heavy atom. The predicted octanol–water partition coefficient (Wildman–Crippen LogP) is 6.03. The first kappa shape index (κ1) is 25.8. The second kappa shape index (κ2) is 9.99. The van der Waals surface area contributed by atoms with Gasteiger partial charge in [-0.1, -0.05) is 42.0 Å². The number of benzene rings is 2. The first-order valence-corrected chi connectivity index (χ1v) is 13.0. The molecule has 2 aromatic carbocycles.